The van der Waals surface area contributed by atoms with Crippen molar-refractivity contribution in [1.29, 1.82) is 0 Å². The molecule has 2 heterocycles. The second kappa shape index (κ2) is 5.65. The van der Waals surface area contributed by atoms with Crippen LogP contribution in [-0.2, 0) is 0 Å². The molecule has 1 aromatic carbocycles. The second-order valence-corrected chi connectivity index (χ2v) is 4.52. The van der Waals surface area contributed by atoms with Crippen LogP contribution >= 0.6 is 0 Å². The highest BCUT2D eigenvalue weighted by Crippen LogP contribution is 2.15. The Labute approximate surface area is 124 Å². The first-order valence-electron chi connectivity index (χ1n) is 6.43. The number of pyridine rings is 1. The normalized spacial score (nSPS) is 10.4. The smallest absolute Gasteiger partial charge is 0.257 e. The maximum absolute atomic E-state index is 13.7. The number of nitrogens with zero attached hydrogens (tertiary/aromatic N) is 2. The number of aromatic nitrogens is 3. The summed E-state index contributed by atoms with van der Waals surface area (Å²) in [7, 11) is 0. The number of H-pyrrole nitrogens is 1. The van der Waals surface area contributed by atoms with Gasteiger partial charge in [-0.05, 0) is 18.2 Å². The molecule has 0 saturated heterocycles. The number of nitrogens with one attached hydrogen (secondary N) is 2. The van der Waals surface area contributed by atoms with Crippen molar-refractivity contribution in [2.75, 3.05) is 5.32 Å². The van der Waals surface area contributed by atoms with Gasteiger partial charge in [-0.3, -0.25) is 9.59 Å². The van der Waals surface area contributed by atoms with E-state index in [0.29, 0.717) is 11.3 Å². The summed E-state index contributed by atoms with van der Waals surface area (Å²) >= 11 is 0. The van der Waals surface area contributed by atoms with Gasteiger partial charge in [-0.2, -0.15) is 5.10 Å². The van der Waals surface area contributed by atoms with Gasteiger partial charge in [0.05, 0.1) is 23.6 Å². The van der Waals surface area contributed by atoms with E-state index in [2.05, 4.69) is 15.4 Å². The highest BCUT2D eigenvalue weighted by atomic mass is 19.1. The van der Waals surface area contributed by atoms with Gasteiger partial charge in [0.1, 0.15) is 11.5 Å². The van der Waals surface area contributed by atoms with E-state index >= 15 is 0 Å². The van der Waals surface area contributed by atoms with Crippen molar-refractivity contribution in [1.82, 2.24) is 14.8 Å². The fourth-order valence-electron chi connectivity index (χ4n) is 1.91. The molecule has 0 radical (unpaired) electrons. The predicted octanol–water partition coefficient (Wildman–Crippen LogP) is 1.95. The monoisotopic (exact) mass is 298 g/mol. The van der Waals surface area contributed by atoms with Gasteiger partial charge < -0.3 is 10.3 Å². The number of para-hydroxylation sites is 1. The van der Waals surface area contributed by atoms with Crippen LogP contribution in [-0.4, -0.2) is 20.7 Å². The molecule has 0 aliphatic carbocycles. The third-order valence-electron chi connectivity index (χ3n) is 2.99. The van der Waals surface area contributed by atoms with Crippen LogP contribution in [0.2, 0.25) is 0 Å². The van der Waals surface area contributed by atoms with Gasteiger partial charge in [0.15, 0.2) is 0 Å². The number of anilines is 1. The molecule has 0 unspecified atom stereocenters. The summed E-state index contributed by atoms with van der Waals surface area (Å²) < 4.78 is 15.0. The number of hydrogen-bond donors (Lipinski definition) is 2. The van der Waals surface area contributed by atoms with Crippen LogP contribution in [0.25, 0.3) is 5.69 Å². The van der Waals surface area contributed by atoms with Crippen molar-refractivity contribution in [3.8, 4) is 5.69 Å². The van der Waals surface area contributed by atoms with Crippen molar-refractivity contribution < 1.29 is 9.18 Å². The van der Waals surface area contributed by atoms with E-state index in [1.165, 1.54) is 41.5 Å². The third-order valence-corrected chi connectivity index (χ3v) is 2.99. The average Bonchev–Trinajstić information content (AvgIpc) is 2.96. The summed E-state index contributed by atoms with van der Waals surface area (Å²) in [6, 6.07) is 8.86. The number of benzene rings is 1. The van der Waals surface area contributed by atoms with Crippen LogP contribution in [0.3, 0.4) is 0 Å². The van der Waals surface area contributed by atoms with Crippen LogP contribution < -0.4 is 10.9 Å². The summed E-state index contributed by atoms with van der Waals surface area (Å²) in [6.45, 7) is 0. The molecule has 2 N–H and O–H groups in total. The second-order valence-electron chi connectivity index (χ2n) is 4.52. The van der Waals surface area contributed by atoms with Crippen molar-refractivity contribution in [3.05, 3.63) is 76.7 Å². The maximum Gasteiger partial charge on any atom is 0.257 e. The van der Waals surface area contributed by atoms with E-state index in [0.717, 1.165) is 0 Å². The molecule has 0 aliphatic rings. The number of carbonyl (C=O) groups excluding carboxylic acids is 1. The summed E-state index contributed by atoms with van der Waals surface area (Å²) in [5.74, 6) is -0.812. The minimum absolute atomic E-state index is 0.284. The zero-order valence-corrected chi connectivity index (χ0v) is 11.3. The molecule has 2 aromatic heterocycles. The molecular weight excluding hydrogens is 287 g/mol. The van der Waals surface area contributed by atoms with Gasteiger partial charge >= 0.3 is 0 Å². The van der Waals surface area contributed by atoms with Gasteiger partial charge in [-0.25, -0.2) is 9.07 Å². The molecule has 110 valence electrons. The van der Waals surface area contributed by atoms with E-state index in [4.69, 9.17) is 0 Å². The standard InChI is InChI=1S/C15H11FN4O2/c16-12-3-1-2-4-13(12)20-9-11(8-18-20)19-15(22)10-5-6-14(21)17-7-10/h1-9H,(H,17,21)(H,19,22). The molecule has 0 atom stereocenters. The Hall–Kier alpha value is -3.22. The van der Waals surface area contributed by atoms with E-state index in [1.54, 1.807) is 18.2 Å². The maximum atomic E-state index is 13.7. The zero-order chi connectivity index (χ0) is 15.5. The lowest BCUT2D eigenvalue weighted by atomic mass is 10.2. The Morgan fingerprint density at radius 3 is 2.77 bits per heavy atom. The molecule has 0 saturated carbocycles. The fourth-order valence-corrected chi connectivity index (χ4v) is 1.91. The number of hydrogen-bond acceptors (Lipinski definition) is 3. The molecule has 0 spiro atoms. The van der Waals surface area contributed by atoms with E-state index in [9.17, 15) is 14.0 Å². The van der Waals surface area contributed by atoms with Crippen LogP contribution in [0.1, 0.15) is 10.4 Å². The van der Waals surface area contributed by atoms with Crippen molar-refractivity contribution in [3.63, 3.8) is 0 Å². The van der Waals surface area contributed by atoms with Gasteiger partial charge in [0.25, 0.3) is 5.91 Å². The third kappa shape index (κ3) is 2.78. The van der Waals surface area contributed by atoms with Crippen molar-refractivity contribution in [2.45, 2.75) is 0 Å². The first-order chi connectivity index (χ1) is 10.6. The number of amides is 1. The van der Waals surface area contributed by atoms with Gasteiger partial charge in [-0.1, -0.05) is 12.1 Å². The fraction of sp³-hybridized carbons (Fsp3) is 0. The first kappa shape index (κ1) is 13.7. The van der Waals surface area contributed by atoms with Gasteiger partial charge in [0.2, 0.25) is 5.56 Å². The lowest BCUT2D eigenvalue weighted by molar-refractivity contribution is 0.102. The molecule has 3 aromatic rings. The van der Waals surface area contributed by atoms with E-state index in [-0.39, 0.29) is 11.2 Å². The lowest BCUT2D eigenvalue weighted by Gasteiger charge is -2.03. The quantitative estimate of drug-likeness (QED) is 0.775. The Balaban J connectivity index is 1.80. The Morgan fingerprint density at radius 1 is 1.23 bits per heavy atom. The van der Waals surface area contributed by atoms with Crippen LogP contribution in [0.5, 0.6) is 0 Å². The van der Waals surface area contributed by atoms with E-state index < -0.39 is 11.7 Å². The molecular formula is C15H11FN4O2. The Morgan fingerprint density at radius 2 is 2.05 bits per heavy atom. The molecule has 3 rings (SSSR count). The Bertz CT molecular complexity index is 865. The summed E-state index contributed by atoms with van der Waals surface area (Å²) in [4.78, 5) is 25.4. The predicted molar refractivity (Wildman–Crippen MR) is 78.5 cm³/mol. The van der Waals surface area contributed by atoms with Gasteiger partial charge in [0, 0.05) is 12.3 Å². The topological polar surface area (TPSA) is 79.8 Å². The molecule has 22 heavy (non-hydrogen) atoms. The number of carbonyl (C=O) groups is 1. The summed E-state index contributed by atoms with van der Waals surface area (Å²) in [6.07, 6.45) is 4.23. The Kier molecular flexibility index (Phi) is 3.53. The average molecular weight is 298 g/mol. The van der Waals surface area contributed by atoms with Crippen LogP contribution in [0.15, 0.2) is 59.8 Å². The summed E-state index contributed by atoms with van der Waals surface area (Å²) in [5, 5.41) is 6.63. The molecule has 7 heteroatoms. The molecule has 0 bridgehead atoms. The largest absolute Gasteiger partial charge is 0.328 e. The van der Waals surface area contributed by atoms with E-state index in [1.807, 2.05) is 0 Å². The lowest BCUT2D eigenvalue weighted by Crippen LogP contribution is -2.14. The summed E-state index contributed by atoms with van der Waals surface area (Å²) in [5.41, 5.74) is 0.716. The number of aromatic amines is 1. The highest BCUT2D eigenvalue weighted by molar-refractivity contribution is 6.03. The van der Waals surface area contributed by atoms with Crippen LogP contribution in [0.4, 0.5) is 10.1 Å². The number of rotatable bonds is 3. The zero-order valence-electron chi connectivity index (χ0n) is 11.3. The number of halogens is 1. The SMILES string of the molecule is O=C(Nc1cnn(-c2ccccc2F)c1)c1ccc(=O)[nH]c1. The highest BCUT2D eigenvalue weighted by Gasteiger charge is 2.09. The van der Waals surface area contributed by atoms with Crippen LogP contribution in [0, 0.1) is 5.82 Å². The molecule has 0 fully saturated rings. The minimum atomic E-state index is -0.413. The molecule has 0 aliphatic heterocycles. The van der Waals surface area contributed by atoms with Crippen molar-refractivity contribution in [2.24, 2.45) is 0 Å². The van der Waals surface area contributed by atoms with Crippen molar-refractivity contribution >= 4 is 11.6 Å². The van der Waals surface area contributed by atoms with Gasteiger partial charge in [-0.15, -0.1) is 0 Å². The first-order valence-corrected chi connectivity index (χ1v) is 6.43. The molecule has 1 amide bonds. The minimum Gasteiger partial charge on any atom is -0.328 e. The molecule has 6 nitrogen and oxygen atoms in total.